The van der Waals surface area contributed by atoms with E-state index in [0.29, 0.717) is 22.8 Å². The highest BCUT2D eigenvalue weighted by Gasteiger charge is 2.12. The summed E-state index contributed by atoms with van der Waals surface area (Å²) in [5.74, 6) is 0.169. The molecule has 0 saturated heterocycles. The number of ether oxygens (including phenoxy) is 1. The molecule has 0 aliphatic heterocycles. The van der Waals surface area contributed by atoms with Crippen molar-refractivity contribution in [2.75, 3.05) is 5.32 Å². The first-order valence-electron chi connectivity index (χ1n) is 6.90. The van der Waals surface area contributed by atoms with Gasteiger partial charge in [0, 0.05) is 6.92 Å². The summed E-state index contributed by atoms with van der Waals surface area (Å²) in [6.45, 7) is 1.71. The van der Waals surface area contributed by atoms with Crippen LogP contribution in [0.25, 0.3) is 11.0 Å². The molecule has 1 N–H and O–H groups in total. The molecule has 0 fully saturated rings. The lowest BCUT2D eigenvalue weighted by Gasteiger charge is -2.10. The van der Waals surface area contributed by atoms with Crippen molar-refractivity contribution in [2.24, 2.45) is 0 Å². The Morgan fingerprint density at radius 1 is 1.13 bits per heavy atom. The first kappa shape index (κ1) is 15.2. The van der Waals surface area contributed by atoms with Crippen molar-refractivity contribution >= 4 is 34.5 Å². The molecule has 2 heterocycles. The van der Waals surface area contributed by atoms with Gasteiger partial charge >= 0.3 is 0 Å². The number of carbonyl (C=O) groups excluding carboxylic acids is 1. The lowest BCUT2D eigenvalue weighted by Crippen LogP contribution is -2.11. The van der Waals surface area contributed by atoms with Crippen molar-refractivity contribution < 1.29 is 9.53 Å². The molecule has 0 aliphatic carbocycles. The van der Waals surface area contributed by atoms with Gasteiger partial charge < -0.3 is 4.74 Å². The number of hydrogen-bond donors (Lipinski definition) is 1. The van der Waals surface area contributed by atoms with Gasteiger partial charge in [0.1, 0.15) is 11.8 Å². The van der Waals surface area contributed by atoms with Crippen molar-refractivity contribution in [1.29, 1.82) is 0 Å². The minimum atomic E-state index is -0.264. The van der Waals surface area contributed by atoms with E-state index in [-0.39, 0.29) is 17.7 Å². The fourth-order valence-electron chi connectivity index (χ4n) is 2.00. The average Bonchev–Trinajstić information content (AvgIpc) is 2.53. The van der Waals surface area contributed by atoms with E-state index < -0.39 is 0 Å². The smallest absolute Gasteiger partial charge is 0.245 e. The predicted octanol–water partition coefficient (Wildman–Crippen LogP) is 3.22. The van der Waals surface area contributed by atoms with Gasteiger partial charge in [-0.15, -0.1) is 0 Å². The summed E-state index contributed by atoms with van der Waals surface area (Å²) in [6, 6.07) is 13.0. The Hall–Kier alpha value is -2.73. The molecule has 7 heteroatoms. The van der Waals surface area contributed by atoms with E-state index in [9.17, 15) is 4.79 Å². The highest BCUT2D eigenvalue weighted by Crippen LogP contribution is 2.24. The Kier molecular flexibility index (Phi) is 4.34. The van der Waals surface area contributed by atoms with Crippen molar-refractivity contribution in [3.8, 4) is 5.88 Å². The zero-order valence-corrected chi connectivity index (χ0v) is 13.0. The second-order valence-electron chi connectivity index (χ2n) is 4.81. The van der Waals surface area contributed by atoms with Crippen LogP contribution in [0.15, 0.2) is 42.5 Å². The molecule has 116 valence electrons. The van der Waals surface area contributed by atoms with Crippen LogP contribution in [0.4, 0.5) is 5.95 Å². The summed E-state index contributed by atoms with van der Waals surface area (Å²) in [5.41, 5.74) is 1.97. The van der Waals surface area contributed by atoms with Gasteiger partial charge in [-0.25, -0.2) is 9.97 Å². The summed E-state index contributed by atoms with van der Waals surface area (Å²) in [6.07, 6.45) is 0. The Morgan fingerprint density at radius 3 is 2.65 bits per heavy atom. The number of benzene rings is 1. The number of nitrogens with zero attached hydrogens (tertiary/aromatic N) is 3. The number of fused-ring (bicyclic) bond motifs is 1. The third-order valence-corrected chi connectivity index (χ3v) is 3.19. The largest absolute Gasteiger partial charge is 0.471 e. The summed E-state index contributed by atoms with van der Waals surface area (Å²) in [7, 11) is 0. The minimum Gasteiger partial charge on any atom is -0.471 e. The van der Waals surface area contributed by atoms with Crippen LogP contribution in [-0.2, 0) is 11.4 Å². The van der Waals surface area contributed by atoms with Crippen LogP contribution in [0.2, 0.25) is 5.15 Å². The molecule has 3 aromatic rings. The van der Waals surface area contributed by atoms with Crippen LogP contribution in [-0.4, -0.2) is 20.9 Å². The van der Waals surface area contributed by atoms with Crippen LogP contribution in [0.3, 0.4) is 0 Å². The van der Waals surface area contributed by atoms with Gasteiger partial charge in [-0.1, -0.05) is 41.9 Å². The van der Waals surface area contributed by atoms with Gasteiger partial charge in [-0.2, -0.15) is 4.98 Å². The maximum Gasteiger partial charge on any atom is 0.245 e. The predicted molar refractivity (Wildman–Crippen MR) is 87.4 cm³/mol. The molecular formula is C16H13ClN4O2. The maximum absolute atomic E-state index is 11.2. The quantitative estimate of drug-likeness (QED) is 0.744. The molecule has 1 aromatic carbocycles. The average molecular weight is 329 g/mol. The van der Waals surface area contributed by atoms with E-state index >= 15 is 0 Å². The van der Waals surface area contributed by atoms with Crippen molar-refractivity contribution in [1.82, 2.24) is 15.0 Å². The first-order valence-corrected chi connectivity index (χ1v) is 7.28. The molecule has 0 atom stereocenters. The van der Waals surface area contributed by atoms with E-state index in [4.69, 9.17) is 16.3 Å². The Balaban J connectivity index is 1.98. The summed E-state index contributed by atoms with van der Waals surface area (Å²) in [5, 5.41) is 2.87. The topological polar surface area (TPSA) is 77.0 Å². The van der Waals surface area contributed by atoms with Gasteiger partial charge in [0.05, 0.1) is 5.52 Å². The molecule has 0 unspecified atom stereocenters. The molecule has 3 rings (SSSR count). The molecule has 0 saturated carbocycles. The molecule has 1 amide bonds. The van der Waals surface area contributed by atoms with Gasteiger partial charge in [0.25, 0.3) is 0 Å². The second kappa shape index (κ2) is 6.58. The van der Waals surface area contributed by atoms with E-state index in [2.05, 4.69) is 20.3 Å². The minimum absolute atomic E-state index is 0.164. The second-order valence-corrected chi connectivity index (χ2v) is 5.20. The number of carbonyl (C=O) groups is 1. The van der Waals surface area contributed by atoms with Crippen molar-refractivity contribution in [2.45, 2.75) is 13.5 Å². The summed E-state index contributed by atoms with van der Waals surface area (Å²) >= 11 is 5.94. The summed E-state index contributed by atoms with van der Waals surface area (Å²) in [4.78, 5) is 23.9. The highest BCUT2D eigenvalue weighted by atomic mass is 35.5. The fourth-order valence-corrected chi connectivity index (χ4v) is 2.15. The Labute approximate surface area is 137 Å². The van der Waals surface area contributed by atoms with Gasteiger partial charge in [-0.3, -0.25) is 10.1 Å². The number of hydrogen-bond acceptors (Lipinski definition) is 5. The van der Waals surface area contributed by atoms with E-state index in [1.807, 2.05) is 30.3 Å². The molecular weight excluding hydrogens is 316 g/mol. The Morgan fingerprint density at radius 2 is 1.91 bits per heavy atom. The number of pyridine rings is 1. The van der Waals surface area contributed by atoms with E-state index in [1.165, 1.54) is 6.92 Å². The SMILES string of the molecule is CC(=O)Nc1nc(OCc2ccccc2)c2nc(Cl)ccc2n1. The standard InChI is InChI=1S/C16H13ClN4O2/c1-10(22)18-16-19-12-7-8-13(17)20-14(12)15(21-16)23-9-11-5-3-2-4-6-11/h2-8H,9H2,1H3,(H,18,19,21,22). The third kappa shape index (κ3) is 3.73. The molecule has 0 bridgehead atoms. The number of nitrogens with one attached hydrogen (secondary N) is 1. The summed E-state index contributed by atoms with van der Waals surface area (Å²) < 4.78 is 5.76. The zero-order chi connectivity index (χ0) is 16.2. The Bertz CT molecular complexity index is 855. The van der Waals surface area contributed by atoms with Crippen LogP contribution in [0.5, 0.6) is 5.88 Å². The number of amides is 1. The van der Waals surface area contributed by atoms with E-state index in [0.717, 1.165) is 5.56 Å². The van der Waals surface area contributed by atoms with Crippen molar-refractivity contribution in [3.63, 3.8) is 0 Å². The van der Waals surface area contributed by atoms with Crippen LogP contribution >= 0.6 is 11.6 Å². The number of rotatable bonds is 4. The van der Waals surface area contributed by atoms with Gasteiger partial charge in [0.15, 0.2) is 5.52 Å². The third-order valence-electron chi connectivity index (χ3n) is 2.98. The maximum atomic E-state index is 11.2. The van der Waals surface area contributed by atoms with E-state index in [1.54, 1.807) is 12.1 Å². The normalized spacial score (nSPS) is 10.5. The number of halogens is 1. The lowest BCUT2D eigenvalue weighted by atomic mass is 10.2. The van der Waals surface area contributed by atoms with Gasteiger partial charge in [0.2, 0.25) is 17.7 Å². The lowest BCUT2D eigenvalue weighted by molar-refractivity contribution is -0.114. The van der Waals surface area contributed by atoms with Crippen LogP contribution in [0, 0.1) is 0 Å². The number of anilines is 1. The molecule has 23 heavy (non-hydrogen) atoms. The highest BCUT2D eigenvalue weighted by molar-refractivity contribution is 6.29. The van der Waals surface area contributed by atoms with Crippen molar-refractivity contribution in [3.05, 3.63) is 53.2 Å². The fraction of sp³-hybridized carbons (Fsp3) is 0.125. The zero-order valence-electron chi connectivity index (χ0n) is 12.3. The first-order chi connectivity index (χ1) is 11.1. The van der Waals surface area contributed by atoms with Gasteiger partial charge in [-0.05, 0) is 17.7 Å². The monoisotopic (exact) mass is 328 g/mol. The number of aromatic nitrogens is 3. The van der Waals surface area contributed by atoms with Crippen LogP contribution < -0.4 is 10.1 Å². The molecule has 0 spiro atoms. The molecule has 0 aliphatic rings. The van der Waals surface area contributed by atoms with Crippen LogP contribution in [0.1, 0.15) is 12.5 Å². The molecule has 2 aromatic heterocycles. The molecule has 6 nitrogen and oxygen atoms in total. The molecule has 0 radical (unpaired) electrons.